The fourth-order valence-corrected chi connectivity index (χ4v) is 2.33. The molecule has 6 nitrogen and oxygen atoms in total. The Balaban J connectivity index is 2.40. The fraction of sp³-hybridized carbons (Fsp3) is 0.533. The van der Waals surface area contributed by atoms with Gasteiger partial charge in [0, 0.05) is 12.6 Å². The zero-order chi connectivity index (χ0) is 15.4. The van der Waals surface area contributed by atoms with E-state index in [2.05, 4.69) is 6.07 Å². The first-order valence-corrected chi connectivity index (χ1v) is 7.12. The lowest BCUT2D eigenvalue weighted by molar-refractivity contribution is -0.385. The van der Waals surface area contributed by atoms with E-state index in [1.807, 2.05) is 18.7 Å². The molecule has 112 valence electrons. The van der Waals surface area contributed by atoms with Crippen molar-refractivity contribution >= 4 is 11.4 Å². The first kappa shape index (κ1) is 15.1. The highest BCUT2D eigenvalue weighted by Crippen LogP contribution is 2.42. The van der Waals surface area contributed by atoms with Crippen LogP contribution in [0, 0.1) is 21.4 Å². The highest BCUT2D eigenvalue weighted by Gasteiger charge is 2.34. The number of para-hydroxylation sites is 1. The molecular formula is C15H19N3O3. The molecule has 1 fully saturated rings. The van der Waals surface area contributed by atoms with Crippen molar-refractivity contribution in [3.63, 3.8) is 0 Å². The van der Waals surface area contributed by atoms with E-state index in [-0.39, 0.29) is 17.5 Å². The van der Waals surface area contributed by atoms with Crippen LogP contribution in [-0.4, -0.2) is 23.6 Å². The van der Waals surface area contributed by atoms with Gasteiger partial charge in [0.05, 0.1) is 23.5 Å². The van der Waals surface area contributed by atoms with Gasteiger partial charge >= 0.3 is 5.69 Å². The number of nitrogens with zero attached hydrogens (tertiary/aromatic N) is 3. The van der Waals surface area contributed by atoms with Gasteiger partial charge in [-0.05, 0) is 38.8 Å². The standard InChI is InChI=1S/C15H19N3O3/c1-11(2)21-14-6-3-5-13(15(14)18(19)20)17(10-4-9-16)12-7-8-12/h3,5-6,11-12H,4,7-8,10H2,1-2H3. The van der Waals surface area contributed by atoms with Gasteiger partial charge in [-0.1, -0.05) is 6.07 Å². The molecule has 0 radical (unpaired) electrons. The second-order valence-electron chi connectivity index (χ2n) is 5.38. The maximum atomic E-state index is 11.5. The van der Waals surface area contributed by atoms with E-state index in [0.29, 0.717) is 24.7 Å². The summed E-state index contributed by atoms with van der Waals surface area (Å²) in [6.07, 6.45) is 2.24. The van der Waals surface area contributed by atoms with E-state index < -0.39 is 4.92 Å². The maximum Gasteiger partial charge on any atom is 0.333 e. The van der Waals surface area contributed by atoms with Crippen LogP contribution in [0.3, 0.4) is 0 Å². The number of benzene rings is 1. The molecule has 0 saturated heterocycles. The quantitative estimate of drug-likeness (QED) is 0.568. The SMILES string of the molecule is CC(C)Oc1cccc(N(CCC#N)C2CC2)c1[N+](=O)[O-]. The number of ether oxygens (including phenoxy) is 1. The van der Waals surface area contributed by atoms with Gasteiger partial charge in [-0.3, -0.25) is 10.1 Å². The van der Waals surface area contributed by atoms with Gasteiger partial charge in [0.25, 0.3) is 0 Å². The minimum Gasteiger partial charge on any atom is -0.484 e. The van der Waals surface area contributed by atoms with Crippen molar-refractivity contribution in [3.8, 4) is 11.8 Å². The van der Waals surface area contributed by atoms with Crippen LogP contribution in [0.15, 0.2) is 18.2 Å². The molecule has 2 rings (SSSR count). The average molecular weight is 289 g/mol. The summed E-state index contributed by atoms with van der Waals surface area (Å²) >= 11 is 0. The van der Waals surface area contributed by atoms with E-state index >= 15 is 0 Å². The summed E-state index contributed by atoms with van der Waals surface area (Å²) in [4.78, 5) is 13.1. The lowest BCUT2D eigenvalue weighted by Crippen LogP contribution is -2.27. The predicted molar refractivity (Wildman–Crippen MR) is 79.5 cm³/mol. The Morgan fingerprint density at radius 2 is 2.24 bits per heavy atom. The fourth-order valence-electron chi connectivity index (χ4n) is 2.33. The third kappa shape index (κ3) is 3.63. The molecule has 1 aromatic rings. The van der Waals surface area contributed by atoms with Crippen LogP contribution >= 0.6 is 0 Å². The number of rotatable bonds is 7. The van der Waals surface area contributed by atoms with E-state index in [9.17, 15) is 10.1 Å². The van der Waals surface area contributed by atoms with Gasteiger partial charge in [-0.2, -0.15) is 5.26 Å². The molecule has 0 N–H and O–H groups in total. The Hall–Kier alpha value is -2.29. The number of nitro groups is 1. The Labute approximate surface area is 124 Å². The van der Waals surface area contributed by atoms with E-state index in [4.69, 9.17) is 10.00 Å². The van der Waals surface area contributed by atoms with Crippen molar-refractivity contribution in [2.24, 2.45) is 0 Å². The Morgan fingerprint density at radius 1 is 1.52 bits per heavy atom. The zero-order valence-electron chi connectivity index (χ0n) is 12.3. The third-order valence-electron chi connectivity index (χ3n) is 3.28. The molecule has 0 spiro atoms. The molecule has 1 saturated carbocycles. The summed E-state index contributed by atoms with van der Waals surface area (Å²) in [5.74, 6) is 0.287. The van der Waals surface area contributed by atoms with Gasteiger partial charge in [0.15, 0.2) is 5.75 Å². The minimum atomic E-state index is -0.394. The van der Waals surface area contributed by atoms with E-state index in [0.717, 1.165) is 12.8 Å². The summed E-state index contributed by atoms with van der Waals surface area (Å²) in [6, 6.07) is 7.53. The van der Waals surface area contributed by atoms with Crippen molar-refractivity contribution in [2.75, 3.05) is 11.4 Å². The Bertz CT molecular complexity index is 562. The Morgan fingerprint density at radius 3 is 2.76 bits per heavy atom. The molecule has 0 bridgehead atoms. The highest BCUT2D eigenvalue weighted by molar-refractivity contribution is 5.70. The van der Waals surface area contributed by atoms with Crippen LogP contribution in [0.2, 0.25) is 0 Å². The van der Waals surface area contributed by atoms with Crippen LogP contribution in [-0.2, 0) is 0 Å². The monoisotopic (exact) mass is 289 g/mol. The first-order valence-electron chi connectivity index (χ1n) is 7.12. The van der Waals surface area contributed by atoms with Crippen LogP contribution in [0.5, 0.6) is 5.75 Å². The molecular weight excluding hydrogens is 270 g/mol. The van der Waals surface area contributed by atoms with Crippen LogP contribution in [0.4, 0.5) is 11.4 Å². The highest BCUT2D eigenvalue weighted by atomic mass is 16.6. The number of anilines is 1. The van der Waals surface area contributed by atoms with Crippen LogP contribution in [0.25, 0.3) is 0 Å². The molecule has 0 aliphatic heterocycles. The number of nitriles is 1. The number of nitro benzene ring substituents is 1. The van der Waals surface area contributed by atoms with Crippen molar-refractivity contribution in [3.05, 3.63) is 28.3 Å². The number of hydrogen-bond donors (Lipinski definition) is 0. The average Bonchev–Trinajstić information content (AvgIpc) is 3.23. The summed E-state index contributed by atoms with van der Waals surface area (Å²) in [7, 11) is 0. The second-order valence-corrected chi connectivity index (χ2v) is 5.38. The molecule has 21 heavy (non-hydrogen) atoms. The molecule has 0 atom stereocenters. The van der Waals surface area contributed by atoms with Gasteiger partial charge in [-0.15, -0.1) is 0 Å². The molecule has 0 unspecified atom stereocenters. The predicted octanol–water partition coefficient (Wildman–Crippen LogP) is 3.26. The van der Waals surface area contributed by atoms with E-state index in [1.54, 1.807) is 18.2 Å². The lowest BCUT2D eigenvalue weighted by Gasteiger charge is -2.24. The smallest absolute Gasteiger partial charge is 0.333 e. The molecule has 0 heterocycles. The zero-order valence-corrected chi connectivity index (χ0v) is 12.3. The lowest BCUT2D eigenvalue weighted by atomic mass is 10.2. The van der Waals surface area contributed by atoms with Gasteiger partial charge in [0.1, 0.15) is 5.69 Å². The number of hydrogen-bond acceptors (Lipinski definition) is 5. The summed E-state index contributed by atoms with van der Waals surface area (Å²) < 4.78 is 5.57. The first-order chi connectivity index (χ1) is 10.0. The molecule has 6 heteroatoms. The molecule has 1 aliphatic carbocycles. The molecule has 0 amide bonds. The van der Waals surface area contributed by atoms with Crippen molar-refractivity contribution < 1.29 is 9.66 Å². The minimum absolute atomic E-state index is 0.00367. The Kier molecular flexibility index (Phi) is 4.63. The van der Waals surface area contributed by atoms with Crippen LogP contribution < -0.4 is 9.64 Å². The largest absolute Gasteiger partial charge is 0.484 e. The van der Waals surface area contributed by atoms with Crippen molar-refractivity contribution in [1.82, 2.24) is 0 Å². The van der Waals surface area contributed by atoms with Crippen LogP contribution in [0.1, 0.15) is 33.1 Å². The van der Waals surface area contributed by atoms with Gasteiger partial charge < -0.3 is 9.64 Å². The van der Waals surface area contributed by atoms with Gasteiger partial charge in [0.2, 0.25) is 0 Å². The topological polar surface area (TPSA) is 79.4 Å². The van der Waals surface area contributed by atoms with Crippen molar-refractivity contribution in [2.45, 2.75) is 45.3 Å². The van der Waals surface area contributed by atoms with E-state index in [1.165, 1.54) is 0 Å². The molecule has 0 aromatic heterocycles. The maximum absolute atomic E-state index is 11.5. The summed E-state index contributed by atoms with van der Waals surface area (Å²) in [5, 5.41) is 20.3. The normalized spacial score (nSPS) is 13.8. The van der Waals surface area contributed by atoms with Crippen molar-refractivity contribution in [1.29, 1.82) is 5.26 Å². The molecule has 1 aromatic carbocycles. The summed E-state index contributed by atoms with van der Waals surface area (Å²) in [6.45, 7) is 4.18. The second kappa shape index (κ2) is 6.44. The molecule has 1 aliphatic rings. The van der Waals surface area contributed by atoms with Gasteiger partial charge in [-0.25, -0.2) is 0 Å². The third-order valence-corrected chi connectivity index (χ3v) is 3.28. The summed E-state index contributed by atoms with van der Waals surface area (Å²) in [5.41, 5.74) is 0.548.